The maximum atomic E-state index is 12.0. The summed E-state index contributed by atoms with van der Waals surface area (Å²) < 4.78 is 10.6. The number of ether oxygens (including phenoxy) is 2. The highest BCUT2D eigenvalue weighted by atomic mass is 35.5. The molecular formula is C16H17ClN2O3. The summed E-state index contributed by atoms with van der Waals surface area (Å²) in [5, 5.41) is 3.37. The van der Waals surface area contributed by atoms with Crippen molar-refractivity contribution in [1.82, 2.24) is 10.3 Å². The Balaban J connectivity index is 1.88. The van der Waals surface area contributed by atoms with E-state index in [1.54, 1.807) is 50.6 Å². The standard InChI is InChI=1S/C16H17ClN2O3/c1-11(22-14-5-3-4-13(17)9-14)16(20)19-10-12-6-7-18-15(8-12)21-2/h3-9,11H,10H2,1-2H3,(H,19,20). The molecule has 1 aromatic carbocycles. The van der Waals surface area contributed by atoms with Crippen molar-refractivity contribution in [3.8, 4) is 11.6 Å². The molecule has 6 heteroatoms. The molecular weight excluding hydrogens is 304 g/mol. The molecule has 2 rings (SSSR count). The van der Waals surface area contributed by atoms with Gasteiger partial charge >= 0.3 is 0 Å². The maximum Gasteiger partial charge on any atom is 0.261 e. The van der Waals surface area contributed by atoms with Crippen LogP contribution in [0.2, 0.25) is 5.02 Å². The lowest BCUT2D eigenvalue weighted by Crippen LogP contribution is -2.35. The largest absolute Gasteiger partial charge is 0.481 e. The summed E-state index contributed by atoms with van der Waals surface area (Å²) in [5.74, 6) is 0.853. The van der Waals surface area contributed by atoms with Crippen molar-refractivity contribution < 1.29 is 14.3 Å². The van der Waals surface area contributed by atoms with E-state index in [0.29, 0.717) is 23.2 Å². The number of aromatic nitrogens is 1. The highest BCUT2D eigenvalue weighted by Crippen LogP contribution is 2.18. The van der Waals surface area contributed by atoms with Gasteiger partial charge in [-0.1, -0.05) is 17.7 Å². The van der Waals surface area contributed by atoms with Crippen LogP contribution in [0, 0.1) is 0 Å². The average molecular weight is 321 g/mol. The van der Waals surface area contributed by atoms with Crippen molar-refractivity contribution in [3.05, 3.63) is 53.2 Å². The average Bonchev–Trinajstić information content (AvgIpc) is 2.52. The lowest BCUT2D eigenvalue weighted by molar-refractivity contribution is -0.127. The minimum atomic E-state index is -0.623. The first kappa shape index (κ1) is 16.1. The van der Waals surface area contributed by atoms with E-state index in [2.05, 4.69) is 10.3 Å². The van der Waals surface area contributed by atoms with Gasteiger partial charge in [0, 0.05) is 23.8 Å². The van der Waals surface area contributed by atoms with Crippen molar-refractivity contribution >= 4 is 17.5 Å². The molecule has 1 unspecified atom stereocenters. The molecule has 0 aliphatic heterocycles. The molecule has 0 spiro atoms. The Morgan fingerprint density at radius 1 is 1.36 bits per heavy atom. The van der Waals surface area contributed by atoms with Gasteiger partial charge in [0.1, 0.15) is 5.75 Å². The van der Waals surface area contributed by atoms with E-state index in [1.807, 2.05) is 6.07 Å². The Bertz CT molecular complexity index is 649. The quantitative estimate of drug-likeness (QED) is 0.889. The zero-order valence-corrected chi connectivity index (χ0v) is 13.1. The molecule has 1 heterocycles. The van der Waals surface area contributed by atoms with Crippen LogP contribution in [0.1, 0.15) is 12.5 Å². The van der Waals surface area contributed by atoms with Crippen LogP contribution in [0.3, 0.4) is 0 Å². The number of methoxy groups -OCH3 is 1. The van der Waals surface area contributed by atoms with Gasteiger partial charge in [-0.2, -0.15) is 0 Å². The molecule has 0 fully saturated rings. The van der Waals surface area contributed by atoms with Crippen LogP contribution in [-0.4, -0.2) is 24.1 Å². The second-order valence-electron chi connectivity index (χ2n) is 4.64. The van der Waals surface area contributed by atoms with E-state index in [0.717, 1.165) is 5.56 Å². The number of amides is 1. The lowest BCUT2D eigenvalue weighted by Gasteiger charge is -2.15. The number of pyridine rings is 1. The lowest BCUT2D eigenvalue weighted by atomic mass is 10.2. The summed E-state index contributed by atoms with van der Waals surface area (Å²) in [5.41, 5.74) is 0.898. The van der Waals surface area contributed by atoms with Crippen LogP contribution in [0.15, 0.2) is 42.6 Å². The molecule has 0 aliphatic rings. The van der Waals surface area contributed by atoms with Gasteiger partial charge in [-0.15, -0.1) is 0 Å². The van der Waals surface area contributed by atoms with Crippen molar-refractivity contribution in [1.29, 1.82) is 0 Å². The van der Waals surface area contributed by atoms with Crippen LogP contribution >= 0.6 is 11.6 Å². The summed E-state index contributed by atoms with van der Waals surface area (Å²) in [6.07, 6.45) is 1.01. The van der Waals surface area contributed by atoms with E-state index in [1.165, 1.54) is 0 Å². The van der Waals surface area contributed by atoms with Crippen LogP contribution in [0.4, 0.5) is 0 Å². The third-order valence-electron chi connectivity index (χ3n) is 2.95. The fraction of sp³-hybridized carbons (Fsp3) is 0.250. The van der Waals surface area contributed by atoms with Crippen LogP contribution in [0.25, 0.3) is 0 Å². The predicted molar refractivity (Wildman–Crippen MR) is 84.2 cm³/mol. The minimum Gasteiger partial charge on any atom is -0.481 e. The number of hydrogen-bond acceptors (Lipinski definition) is 4. The number of halogens is 1. The van der Waals surface area contributed by atoms with Gasteiger partial charge in [0.15, 0.2) is 6.10 Å². The molecule has 1 N–H and O–H groups in total. The third kappa shape index (κ3) is 4.63. The van der Waals surface area contributed by atoms with Crippen molar-refractivity contribution in [3.63, 3.8) is 0 Å². The first-order chi connectivity index (χ1) is 10.6. The Labute approximate surface area is 134 Å². The van der Waals surface area contributed by atoms with Gasteiger partial charge < -0.3 is 14.8 Å². The Morgan fingerprint density at radius 2 is 2.18 bits per heavy atom. The topological polar surface area (TPSA) is 60.5 Å². The van der Waals surface area contributed by atoms with Gasteiger partial charge in [-0.05, 0) is 36.8 Å². The molecule has 0 radical (unpaired) electrons. The molecule has 0 bridgehead atoms. The van der Waals surface area contributed by atoms with Crippen LogP contribution < -0.4 is 14.8 Å². The number of nitrogens with zero attached hydrogens (tertiary/aromatic N) is 1. The summed E-state index contributed by atoms with van der Waals surface area (Å²) in [4.78, 5) is 16.1. The van der Waals surface area contributed by atoms with Crippen molar-refractivity contribution in [2.45, 2.75) is 19.6 Å². The summed E-state index contributed by atoms with van der Waals surface area (Å²) in [6, 6.07) is 10.5. The maximum absolute atomic E-state index is 12.0. The normalized spacial score (nSPS) is 11.6. The van der Waals surface area contributed by atoms with E-state index in [4.69, 9.17) is 21.1 Å². The zero-order valence-electron chi connectivity index (χ0n) is 12.4. The van der Waals surface area contributed by atoms with E-state index in [9.17, 15) is 4.79 Å². The highest BCUT2D eigenvalue weighted by Gasteiger charge is 2.14. The second kappa shape index (κ2) is 7.66. The van der Waals surface area contributed by atoms with E-state index < -0.39 is 6.10 Å². The smallest absolute Gasteiger partial charge is 0.261 e. The first-order valence-electron chi connectivity index (χ1n) is 6.77. The first-order valence-corrected chi connectivity index (χ1v) is 7.15. The van der Waals surface area contributed by atoms with Crippen molar-refractivity contribution in [2.75, 3.05) is 7.11 Å². The second-order valence-corrected chi connectivity index (χ2v) is 5.08. The molecule has 1 amide bonds. The van der Waals surface area contributed by atoms with Gasteiger partial charge in [0.05, 0.1) is 7.11 Å². The number of rotatable bonds is 6. The zero-order chi connectivity index (χ0) is 15.9. The van der Waals surface area contributed by atoms with Gasteiger partial charge in [-0.3, -0.25) is 4.79 Å². The summed E-state index contributed by atoms with van der Waals surface area (Å²) in [7, 11) is 1.55. The Kier molecular flexibility index (Phi) is 5.61. The fourth-order valence-electron chi connectivity index (χ4n) is 1.80. The fourth-order valence-corrected chi connectivity index (χ4v) is 1.98. The van der Waals surface area contributed by atoms with Gasteiger partial charge in [0.2, 0.25) is 5.88 Å². The molecule has 1 aromatic heterocycles. The monoisotopic (exact) mass is 320 g/mol. The molecule has 116 valence electrons. The predicted octanol–water partition coefficient (Wildman–Crippen LogP) is 2.83. The number of nitrogens with one attached hydrogen (secondary N) is 1. The molecule has 1 atom stereocenters. The van der Waals surface area contributed by atoms with Gasteiger partial charge in [-0.25, -0.2) is 4.98 Å². The molecule has 2 aromatic rings. The SMILES string of the molecule is COc1cc(CNC(=O)C(C)Oc2cccc(Cl)c2)ccn1. The van der Waals surface area contributed by atoms with Crippen LogP contribution in [-0.2, 0) is 11.3 Å². The molecule has 0 saturated heterocycles. The molecule has 0 saturated carbocycles. The van der Waals surface area contributed by atoms with Crippen LogP contribution in [0.5, 0.6) is 11.6 Å². The minimum absolute atomic E-state index is 0.212. The van der Waals surface area contributed by atoms with E-state index in [-0.39, 0.29) is 5.91 Å². The number of carbonyl (C=O) groups is 1. The Morgan fingerprint density at radius 3 is 2.91 bits per heavy atom. The van der Waals surface area contributed by atoms with Crippen molar-refractivity contribution in [2.24, 2.45) is 0 Å². The number of carbonyl (C=O) groups excluding carboxylic acids is 1. The molecule has 5 nitrogen and oxygen atoms in total. The van der Waals surface area contributed by atoms with E-state index >= 15 is 0 Å². The third-order valence-corrected chi connectivity index (χ3v) is 3.19. The number of benzene rings is 1. The highest BCUT2D eigenvalue weighted by molar-refractivity contribution is 6.30. The summed E-state index contributed by atoms with van der Waals surface area (Å²) in [6.45, 7) is 2.06. The molecule has 22 heavy (non-hydrogen) atoms. The van der Waals surface area contributed by atoms with Gasteiger partial charge in [0.25, 0.3) is 5.91 Å². The molecule has 0 aliphatic carbocycles. The Hall–Kier alpha value is -2.27. The number of hydrogen-bond donors (Lipinski definition) is 1. The summed E-state index contributed by atoms with van der Waals surface area (Å²) >= 11 is 5.88.